The summed E-state index contributed by atoms with van der Waals surface area (Å²) in [7, 11) is 0. The Bertz CT molecular complexity index is 685. The molecule has 0 radical (unpaired) electrons. The molecule has 2 aromatic rings. The quantitative estimate of drug-likeness (QED) is 0.856. The highest BCUT2D eigenvalue weighted by molar-refractivity contribution is 5.81. The lowest BCUT2D eigenvalue weighted by atomic mass is 9.88. The van der Waals surface area contributed by atoms with Crippen molar-refractivity contribution in [1.82, 2.24) is 14.9 Å². The van der Waals surface area contributed by atoms with Gasteiger partial charge in [-0.15, -0.1) is 0 Å². The maximum Gasteiger partial charge on any atom is 0.240 e. The predicted octanol–water partition coefficient (Wildman–Crippen LogP) is 2.97. The minimum absolute atomic E-state index is 0.0254. The maximum atomic E-state index is 12.4. The summed E-state index contributed by atoms with van der Waals surface area (Å²) in [5, 5.41) is 12.2. The molecule has 1 aliphatic rings. The third-order valence-corrected chi connectivity index (χ3v) is 5.03. The number of hydrogen-bond donors (Lipinski definition) is 2. The molecular formula is C19H27N3O2. The normalized spacial score (nSPS) is 17.1. The van der Waals surface area contributed by atoms with E-state index in [1.54, 1.807) is 0 Å². The van der Waals surface area contributed by atoms with Crippen molar-refractivity contribution in [2.75, 3.05) is 6.61 Å². The first-order chi connectivity index (χ1) is 11.7. The molecule has 1 saturated carbocycles. The first kappa shape index (κ1) is 17.0. The Morgan fingerprint density at radius 3 is 2.79 bits per heavy atom. The van der Waals surface area contributed by atoms with Crippen LogP contribution in [0.15, 0.2) is 24.3 Å². The van der Waals surface area contributed by atoms with Crippen LogP contribution in [0, 0.1) is 0 Å². The Labute approximate surface area is 143 Å². The molecule has 0 spiro atoms. The van der Waals surface area contributed by atoms with Crippen LogP contribution in [0.3, 0.4) is 0 Å². The SMILES string of the molecule is CCC(CO)NC(=O)Cn1c(C2CCCCC2)nc2ccccc21. The minimum Gasteiger partial charge on any atom is -0.394 e. The Balaban J connectivity index is 1.88. The summed E-state index contributed by atoms with van der Waals surface area (Å²) in [6.45, 7) is 2.20. The zero-order valence-corrected chi connectivity index (χ0v) is 14.4. The highest BCUT2D eigenvalue weighted by Crippen LogP contribution is 2.33. The Kier molecular flexibility index (Phi) is 5.51. The van der Waals surface area contributed by atoms with E-state index in [1.807, 2.05) is 31.2 Å². The topological polar surface area (TPSA) is 67.2 Å². The number of aromatic nitrogens is 2. The van der Waals surface area contributed by atoms with Gasteiger partial charge in [-0.3, -0.25) is 4.79 Å². The third kappa shape index (κ3) is 3.61. The second-order valence-electron chi connectivity index (χ2n) is 6.74. The second kappa shape index (κ2) is 7.79. The number of rotatable bonds is 6. The molecule has 3 rings (SSSR count). The first-order valence-corrected chi connectivity index (χ1v) is 9.08. The average molecular weight is 329 g/mol. The van der Waals surface area contributed by atoms with E-state index in [9.17, 15) is 9.90 Å². The monoisotopic (exact) mass is 329 g/mol. The molecule has 2 N–H and O–H groups in total. The van der Waals surface area contributed by atoms with Gasteiger partial charge in [0, 0.05) is 5.92 Å². The number of nitrogens with zero attached hydrogens (tertiary/aromatic N) is 2. The van der Waals surface area contributed by atoms with Crippen molar-refractivity contribution in [3.05, 3.63) is 30.1 Å². The lowest BCUT2D eigenvalue weighted by molar-refractivity contribution is -0.122. The zero-order chi connectivity index (χ0) is 16.9. The molecule has 1 heterocycles. The lowest BCUT2D eigenvalue weighted by Crippen LogP contribution is -2.39. The van der Waals surface area contributed by atoms with E-state index in [-0.39, 0.29) is 25.1 Å². The molecule has 1 atom stereocenters. The molecule has 0 bridgehead atoms. The molecule has 24 heavy (non-hydrogen) atoms. The Morgan fingerprint density at radius 1 is 1.33 bits per heavy atom. The van der Waals surface area contributed by atoms with Crippen molar-refractivity contribution >= 4 is 16.9 Å². The van der Waals surface area contributed by atoms with Crippen LogP contribution in [0.5, 0.6) is 0 Å². The summed E-state index contributed by atoms with van der Waals surface area (Å²) in [4.78, 5) is 17.3. The van der Waals surface area contributed by atoms with Gasteiger partial charge in [0.1, 0.15) is 12.4 Å². The third-order valence-electron chi connectivity index (χ3n) is 5.03. The predicted molar refractivity (Wildman–Crippen MR) is 94.9 cm³/mol. The molecule has 1 aromatic carbocycles. The molecule has 1 amide bonds. The molecule has 1 fully saturated rings. The van der Waals surface area contributed by atoms with E-state index in [2.05, 4.69) is 9.88 Å². The molecule has 1 aliphatic carbocycles. The number of aliphatic hydroxyl groups excluding tert-OH is 1. The van der Waals surface area contributed by atoms with Crippen molar-refractivity contribution < 1.29 is 9.90 Å². The van der Waals surface area contributed by atoms with Gasteiger partial charge in [-0.05, 0) is 31.4 Å². The van der Waals surface area contributed by atoms with Crippen molar-refractivity contribution in [3.8, 4) is 0 Å². The van der Waals surface area contributed by atoms with Crippen molar-refractivity contribution in [2.45, 2.75) is 64.0 Å². The lowest BCUT2D eigenvalue weighted by Gasteiger charge is -2.22. The second-order valence-corrected chi connectivity index (χ2v) is 6.74. The van der Waals surface area contributed by atoms with Crippen LogP contribution < -0.4 is 5.32 Å². The standard InChI is InChI=1S/C19H27N3O2/c1-2-15(13-23)20-18(24)12-22-17-11-7-6-10-16(17)21-19(22)14-8-4-3-5-9-14/h6-7,10-11,14-15,23H,2-5,8-9,12-13H2,1H3,(H,20,24). The number of hydrogen-bond acceptors (Lipinski definition) is 3. The highest BCUT2D eigenvalue weighted by atomic mass is 16.3. The number of fused-ring (bicyclic) bond motifs is 1. The number of carbonyl (C=O) groups is 1. The summed E-state index contributed by atoms with van der Waals surface area (Å²) in [5.41, 5.74) is 1.98. The summed E-state index contributed by atoms with van der Waals surface area (Å²) in [6.07, 6.45) is 6.80. The van der Waals surface area contributed by atoms with Crippen LogP contribution in [-0.4, -0.2) is 33.2 Å². The van der Waals surface area contributed by atoms with Gasteiger partial charge in [-0.1, -0.05) is 38.3 Å². The van der Waals surface area contributed by atoms with Crippen LogP contribution in [0.1, 0.15) is 57.2 Å². The largest absolute Gasteiger partial charge is 0.394 e. The number of aliphatic hydroxyl groups is 1. The van der Waals surface area contributed by atoms with Gasteiger partial charge < -0.3 is 15.0 Å². The van der Waals surface area contributed by atoms with E-state index >= 15 is 0 Å². The van der Waals surface area contributed by atoms with Gasteiger partial charge in [0.15, 0.2) is 0 Å². The summed E-state index contributed by atoms with van der Waals surface area (Å²) < 4.78 is 2.07. The molecule has 5 nitrogen and oxygen atoms in total. The van der Waals surface area contributed by atoms with Gasteiger partial charge in [0.05, 0.1) is 23.7 Å². The van der Waals surface area contributed by atoms with E-state index in [4.69, 9.17) is 4.98 Å². The van der Waals surface area contributed by atoms with Crippen molar-refractivity contribution in [3.63, 3.8) is 0 Å². The molecule has 0 saturated heterocycles. The number of benzene rings is 1. The molecule has 0 aliphatic heterocycles. The van der Waals surface area contributed by atoms with E-state index in [0.29, 0.717) is 5.92 Å². The minimum atomic E-state index is -0.176. The van der Waals surface area contributed by atoms with Crippen LogP contribution >= 0.6 is 0 Å². The van der Waals surface area contributed by atoms with Gasteiger partial charge >= 0.3 is 0 Å². The van der Waals surface area contributed by atoms with Gasteiger partial charge in [-0.25, -0.2) is 4.98 Å². The first-order valence-electron chi connectivity index (χ1n) is 9.08. The molecular weight excluding hydrogens is 302 g/mol. The molecule has 1 aromatic heterocycles. The number of para-hydroxylation sites is 2. The summed E-state index contributed by atoms with van der Waals surface area (Å²) in [6, 6.07) is 7.85. The van der Waals surface area contributed by atoms with E-state index in [0.717, 1.165) is 36.1 Å². The summed E-state index contributed by atoms with van der Waals surface area (Å²) in [5.74, 6) is 1.43. The number of carbonyl (C=O) groups excluding carboxylic acids is 1. The van der Waals surface area contributed by atoms with Crippen LogP contribution in [0.25, 0.3) is 11.0 Å². The van der Waals surface area contributed by atoms with Crippen LogP contribution in [0.2, 0.25) is 0 Å². The average Bonchev–Trinajstić information content (AvgIpc) is 2.99. The Morgan fingerprint density at radius 2 is 2.08 bits per heavy atom. The molecule has 130 valence electrons. The van der Waals surface area contributed by atoms with E-state index in [1.165, 1.54) is 19.3 Å². The molecule has 1 unspecified atom stereocenters. The number of imidazole rings is 1. The maximum absolute atomic E-state index is 12.4. The highest BCUT2D eigenvalue weighted by Gasteiger charge is 2.23. The number of amides is 1. The fourth-order valence-electron chi connectivity index (χ4n) is 3.63. The van der Waals surface area contributed by atoms with Gasteiger partial charge in [0.2, 0.25) is 5.91 Å². The van der Waals surface area contributed by atoms with Gasteiger partial charge in [-0.2, -0.15) is 0 Å². The van der Waals surface area contributed by atoms with Crippen molar-refractivity contribution in [1.29, 1.82) is 0 Å². The summed E-state index contributed by atoms with van der Waals surface area (Å²) >= 11 is 0. The fraction of sp³-hybridized carbons (Fsp3) is 0.579. The smallest absolute Gasteiger partial charge is 0.240 e. The Hall–Kier alpha value is -1.88. The van der Waals surface area contributed by atoms with Crippen LogP contribution in [-0.2, 0) is 11.3 Å². The fourth-order valence-corrected chi connectivity index (χ4v) is 3.63. The van der Waals surface area contributed by atoms with Crippen molar-refractivity contribution in [2.24, 2.45) is 0 Å². The zero-order valence-electron chi connectivity index (χ0n) is 14.4. The van der Waals surface area contributed by atoms with E-state index < -0.39 is 0 Å². The number of nitrogens with one attached hydrogen (secondary N) is 1. The molecule has 5 heteroatoms. The van der Waals surface area contributed by atoms with Crippen LogP contribution in [0.4, 0.5) is 0 Å². The van der Waals surface area contributed by atoms with Gasteiger partial charge in [0.25, 0.3) is 0 Å².